The summed E-state index contributed by atoms with van der Waals surface area (Å²) in [7, 11) is 0. The van der Waals surface area contributed by atoms with Crippen LogP contribution >= 0.6 is 15.9 Å². The molecule has 3 heteroatoms. The SMILES string of the molecule is Brc1cccc2nc(Cc3ccccc3)[nH]c12. The van der Waals surface area contributed by atoms with Crippen LogP contribution in [0.4, 0.5) is 0 Å². The molecule has 0 fully saturated rings. The molecule has 0 spiro atoms. The lowest BCUT2D eigenvalue weighted by atomic mass is 10.1. The number of imidazole rings is 1. The van der Waals surface area contributed by atoms with Gasteiger partial charge < -0.3 is 4.98 Å². The van der Waals surface area contributed by atoms with Crippen LogP contribution in [0.3, 0.4) is 0 Å². The molecule has 0 aliphatic rings. The van der Waals surface area contributed by atoms with Crippen molar-refractivity contribution in [3.8, 4) is 0 Å². The van der Waals surface area contributed by atoms with Gasteiger partial charge in [0.25, 0.3) is 0 Å². The zero-order valence-electron chi connectivity index (χ0n) is 9.15. The number of fused-ring (bicyclic) bond motifs is 1. The molecule has 1 N–H and O–H groups in total. The van der Waals surface area contributed by atoms with Crippen molar-refractivity contribution in [1.82, 2.24) is 9.97 Å². The van der Waals surface area contributed by atoms with Gasteiger partial charge in [-0.05, 0) is 33.6 Å². The molecule has 0 bridgehead atoms. The maximum absolute atomic E-state index is 4.58. The monoisotopic (exact) mass is 286 g/mol. The summed E-state index contributed by atoms with van der Waals surface area (Å²) < 4.78 is 1.06. The maximum Gasteiger partial charge on any atom is 0.111 e. The van der Waals surface area contributed by atoms with Gasteiger partial charge in [0.05, 0.1) is 11.0 Å². The van der Waals surface area contributed by atoms with Crippen LogP contribution in [0.1, 0.15) is 11.4 Å². The molecule has 0 aliphatic carbocycles. The number of benzene rings is 2. The first-order valence-electron chi connectivity index (χ1n) is 5.50. The van der Waals surface area contributed by atoms with Gasteiger partial charge in [-0.25, -0.2) is 4.98 Å². The van der Waals surface area contributed by atoms with E-state index in [2.05, 4.69) is 38.0 Å². The summed E-state index contributed by atoms with van der Waals surface area (Å²) in [5.74, 6) is 0.998. The molecule has 0 atom stereocenters. The molecule has 0 aliphatic heterocycles. The van der Waals surface area contributed by atoms with Crippen molar-refractivity contribution >= 4 is 27.0 Å². The van der Waals surface area contributed by atoms with Crippen molar-refractivity contribution in [2.45, 2.75) is 6.42 Å². The highest BCUT2D eigenvalue weighted by Crippen LogP contribution is 2.22. The van der Waals surface area contributed by atoms with Gasteiger partial charge in [-0.2, -0.15) is 0 Å². The highest BCUT2D eigenvalue weighted by Gasteiger charge is 2.05. The van der Waals surface area contributed by atoms with E-state index < -0.39 is 0 Å². The fourth-order valence-electron chi connectivity index (χ4n) is 1.92. The number of H-pyrrole nitrogens is 1. The van der Waals surface area contributed by atoms with E-state index in [4.69, 9.17) is 0 Å². The zero-order valence-corrected chi connectivity index (χ0v) is 10.7. The number of hydrogen-bond donors (Lipinski definition) is 1. The molecule has 2 nitrogen and oxygen atoms in total. The number of para-hydroxylation sites is 1. The fraction of sp³-hybridized carbons (Fsp3) is 0.0714. The van der Waals surface area contributed by atoms with Gasteiger partial charge >= 0.3 is 0 Å². The van der Waals surface area contributed by atoms with Crippen LogP contribution in [0.2, 0.25) is 0 Å². The Morgan fingerprint density at radius 2 is 1.82 bits per heavy atom. The first-order valence-corrected chi connectivity index (χ1v) is 6.29. The predicted octanol–water partition coefficient (Wildman–Crippen LogP) is 3.92. The molecule has 84 valence electrons. The third-order valence-electron chi connectivity index (χ3n) is 2.73. The number of aromatic nitrogens is 2. The molecular weight excluding hydrogens is 276 g/mol. The minimum absolute atomic E-state index is 0.835. The molecule has 2 aromatic carbocycles. The van der Waals surface area contributed by atoms with Crippen molar-refractivity contribution in [2.75, 3.05) is 0 Å². The van der Waals surface area contributed by atoms with E-state index in [0.717, 1.165) is 27.8 Å². The average Bonchev–Trinajstić information content (AvgIpc) is 2.74. The molecule has 1 heterocycles. The molecule has 3 rings (SSSR count). The summed E-state index contributed by atoms with van der Waals surface area (Å²) >= 11 is 3.52. The average molecular weight is 287 g/mol. The molecule has 1 aromatic heterocycles. The van der Waals surface area contributed by atoms with Gasteiger partial charge in [-0.3, -0.25) is 0 Å². The van der Waals surface area contributed by atoms with Crippen LogP contribution in [0, 0.1) is 0 Å². The number of halogens is 1. The lowest BCUT2D eigenvalue weighted by Crippen LogP contribution is -1.89. The zero-order chi connectivity index (χ0) is 11.7. The quantitative estimate of drug-likeness (QED) is 0.760. The second-order valence-electron chi connectivity index (χ2n) is 3.98. The standard InChI is InChI=1S/C14H11BrN2/c15-11-7-4-8-12-14(11)17-13(16-12)9-10-5-2-1-3-6-10/h1-8H,9H2,(H,16,17). The van der Waals surface area contributed by atoms with Crippen LogP contribution in [-0.2, 0) is 6.42 Å². The van der Waals surface area contributed by atoms with Crippen molar-refractivity contribution in [2.24, 2.45) is 0 Å². The minimum atomic E-state index is 0.835. The van der Waals surface area contributed by atoms with Crippen LogP contribution in [0.15, 0.2) is 53.0 Å². The molecular formula is C14H11BrN2. The molecule has 0 amide bonds. The number of hydrogen-bond acceptors (Lipinski definition) is 1. The lowest BCUT2D eigenvalue weighted by Gasteiger charge is -1.96. The van der Waals surface area contributed by atoms with Gasteiger partial charge in [-0.1, -0.05) is 36.4 Å². The van der Waals surface area contributed by atoms with Crippen LogP contribution in [0.5, 0.6) is 0 Å². The van der Waals surface area contributed by atoms with E-state index in [-0.39, 0.29) is 0 Å². The molecule has 0 saturated heterocycles. The number of aromatic amines is 1. The summed E-state index contributed by atoms with van der Waals surface area (Å²) in [6.07, 6.45) is 0.835. The Hall–Kier alpha value is -1.61. The molecule has 0 radical (unpaired) electrons. The molecule has 0 unspecified atom stereocenters. The van der Waals surface area contributed by atoms with Crippen molar-refractivity contribution in [3.63, 3.8) is 0 Å². The highest BCUT2D eigenvalue weighted by atomic mass is 79.9. The van der Waals surface area contributed by atoms with Gasteiger partial charge in [0.2, 0.25) is 0 Å². The Balaban J connectivity index is 1.99. The topological polar surface area (TPSA) is 28.7 Å². The van der Waals surface area contributed by atoms with E-state index >= 15 is 0 Å². The first kappa shape index (κ1) is 10.5. The van der Waals surface area contributed by atoms with E-state index in [0.29, 0.717) is 0 Å². The van der Waals surface area contributed by atoms with Gasteiger partial charge in [0.1, 0.15) is 5.82 Å². The normalized spacial score (nSPS) is 10.9. The molecule has 3 aromatic rings. The first-order chi connectivity index (χ1) is 8.33. The van der Waals surface area contributed by atoms with Crippen molar-refractivity contribution in [1.29, 1.82) is 0 Å². The molecule has 0 saturated carbocycles. The number of nitrogens with one attached hydrogen (secondary N) is 1. The Bertz CT molecular complexity index is 644. The Kier molecular flexibility index (Phi) is 2.69. The smallest absolute Gasteiger partial charge is 0.111 e. The third-order valence-corrected chi connectivity index (χ3v) is 3.39. The van der Waals surface area contributed by atoms with Crippen molar-refractivity contribution in [3.05, 3.63) is 64.4 Å². The van der Waals surface area contributed by atoms with E-state index in [1.807, 2.05) is 36.4 Å². The van der Waals surface area contributed by atoms with Crippen LogP contribution < -0.4 is 0 Å². The Labute approximate surface area is 108 Å². The van der Waals surface area contributed by atoms with E-state index in [1.165, 1.54) is 5.56 Å². The Morgan fingerprint density at radius 3 is 2.59 bits per heavy atom. The summed E-state index contributed by atoms with van der Waals surface area (Å²) in [6, 6.07) is 16.4. The van der Waals surface area contributed by atoms with Gasteiger partial charge in [-0.15, -0.1) is 0 Å². The van der Waals surface area contributed by atoms with Gasteiger partial charge in [0, 0.05) is 10.9 Å². The fourth-order valence-corrected chi connectivity index (χ4v) is 2.38. The summed E-state index contributed by atoms with van der Waals surface area (Å²) in [4.78, 5) is 7.94. The van der Waals surface area contributed by atoms with Gasteiger partial charge in [0.15, 0.2) is 0 Å². The number of nitrogens with zero attached hydrogens (tertiary/aromatic N) is 1. The largest absolute Gasteiger partial charge is 0.341 e. The summed E-state index contributed by atoms with van der Waals surface area (Å²) in [5, 5.41) is 0. The summed E-state index contributed by atoms with van der Waals surface area (Å²) in [5.41, 5.74) is 3.34. The van der Waals surface area contributed by atoms with E-state index in [1.54, 1.807) is 0 Å². The second kappa shape index (κ2) is 4.34. The second-order valence-corrected chi connectivity index (χ2v) is 4.83. The van der Waals surface area contributed by atoms with Crippen molar-refractivity contribution < 1.29 is 0 Å². The minimum Gasteiger partial charge on any atom is -0.341 e. The highest BCUT2D eigenvalue weighted by molar-refractivity contribution is 9.10. The lowest BCUT2D eigenvalue weighted by molar-refractivity contribution is 1.04. The number of rotatable bonds is 2. The third kappa shape index (κ3) is 2.11. The summed E-state index contributed by atoms with van der Waals surface area (Å²) in [6.45, 7) is 0. The molecule has 17 heavy (non-hydrogen) atoms. The van der Waals surface area contributed by atoms with Crippen LogP contribution in [0.25, 0.3) is 11.0 Å². The van der Waals surface area contributed by atoms with Crippen LogP contribution in [-0.4, -0.2) is 9.97 Å². The Morgan fingerprint density at radius 1 is 1.00 bits per heavy atom. The predicted molar refractivity (Wildman–Crippen MR) is 73.0 cm³/mol. The van der Waals surface area contributed by atoms with E-state index in [9.17, 15) is 0 Å². The maximum atomic E-state index is 4.58.